The van der Waals surface area contributed by atoms with Gasteiger partial charge >= 0.3 is 6.03 Å². The number of pyridine rings is 1. The second-order valence-electron chi connectivity index (χ2n) is 7.50. The third kappa shape index (κ3) is 5.51. The Morgan fingerprint density at radius 2 is 1.76 bits per heavy atom. The van der Waals surface area contributed by atoms with Gasteiger partial charge in [0.15, 0.2) is 0 Å². The number of rotatable bonds is 6. The van der Waals surface area contributed by atoms with Crippen LogP contribution in [-0.2, 0) is 13.1 Å². The average molecular weight is 466 g/mol. The van der Waals surface area contributed by atoms with Gasteiger partial charge in [-0.1, -0.05) is 23.7 Å². The van der Waals surface area contributed by atoms with Gasteiger partial charge in [0.05, 0.1) is 19.2 Å². The average Bonchev–Trinajstić information content (AvgIpc) is 2.81. The maximum atomic E-state index is 13.2. The van der Waals surface area contributed by atoms with E-state index in [9.17, 15) is 14.0 Å². The van der Waals surface area contributed by atoms with Crippen LogP contribution in [0.15, 0.2) is 77.6 Å². The zero-order valence-corrected chi connectivity index (χ0v) is 18.5. The van der Waals surface area contributed by atoms with Crippen molar-refractivity contribution < 1.29 is 13.9 Å². The van der Waals surface area contributed by atoms with Crippen LogP contribution in [0.25, 0.3) is 10.9 Å². The second kappa shape index (κ2) is 9.75. The summed E-state index contributed by atoms with van der Waals surface area (Å²) in [6, 6.07) is 19.3. The lowest BCUT2D eigenvalue weighted by atomic mass is 10.1. The molecule has 3 aromatic carbocycles. The number of nitrogens with one attached hydrogen (secondary N) is 2. The van der Waals surface area contributed by atoms with Gasteiger partial charge < -0.3 is 19.9 Å². The highest BCUT2D eigenvalue weighted by Crippen LogP contribution is 2.20. The first-order valence-electron chi connectivity index (χ1n) is 10.2. The third-order valence-electron chi connectivity index (χ3n) is 5.16. The van der Waals surface area contributed by atoms with Crippen LogP contribution < -0.4 is 15.6 Å². The Morgan fingerprint density at radius 1 is 1.03 bits per heavy atom. The maximum absolute atomic E-state index is 13.2. The fourth-order valence-electron chi connectivity index (χ4n) is 3.42. The highest BCUT2D eigenvalue weighted by atomic mass is 35.5. The van der Waals surface area contributed by atoms with Crippen LogP contribution in [0.1, 0.15) is 11.1 Å². The lowest BCUT2D eigenvalue weighted by Crippen LogP contribution is -2.35. The number of H-pyrrole nitrogens is 1. The van der Waals surface area contributed by atoms with Gasteiger partial charge in [0, 0.05) is 28.9 Å². The molecule has 0 radical (unpaired) electrons. The van der Waals surface area contributed by atoms with Gasteiger partial charge in [-0.2, -0.15) is 0 Å². The number of urea groups is 1. The van der Waals surface area contributed by atoms with Crippen molar-refractivity contribution in [2.24, 2.45) is 0 Å². The molecule has 0 bridgehead atoms. The minimum absolute atomic E-state index is 0.0625. The third-order valence-corrected chi connectivity index (χ3v) is 5.41. The number of aromatic amines is 1. The predicted molar refractivity (Wildman–Crippen MR) is 127 cm³/mol. The molecule has 1 aromatic heterocycles. The molecule has 0 atom stereocenters. The lowest BCUT2D eigenvalue weighted by Gasteiger charge is -2.23. The summed E-state index contributed by atoms with van der Waals surface area (Å²) >= 11 is 5.98. The van der Waals surface area contributed by atoms with Gasteiger partial charge in [0.25, 0.3) is 5.56 Å². The van der Waals surface area contributed by atoms with Crippen LogP contribution in [-0.4, -0.2) is 23.0 Å². The molecular formula is C25H21ClFN3O3. The quantitative estimate of drug-likeness (QED) is 0.391. The number of benzene rings is 3. The molecule has 8 heteroatoms. The number of ether oxygens (including phenoxy) is 1. The molecular weight excluding hydrogens is 445 g/mol. The van der Waals surface area contributed by atoms with Crippen molar-refractivity contribution >= 4 is 34.2 Å². The summed E-state index contributed by atoms with van der Waals surface area (Å²) < 4.78 is 18.4. The Morgan fingerprint density at radius 3 is 2.45 bits per heavy atom. The molecule has 2 N–H and O–H groups in total. The molecule has 0 saturated heterocycles. The molecule has 0 unspecified atom stereocenters. The molecule has 2 amide bonds. The van der Waals surface area contributed by atoms with Crippen molar-refractivity contribution in [3.8, 4) is 5.75 Å². The molecule has 6 nitrogen and oxygen atoms in total. The summed E-state index contributed by atoms with van der Waals surface area (Å²) in [5.41, 5.74) is 2.06. The topological polar surface area (TPSA) is 74.4 Å². The Balaban J connectivity index is 1.64. The van der Waals surface area contributed by atoms with E-state index in [2.05, 4.69) is 10.3 Å². The lowest BCUT2D eigenvalue weighted by molar-refractivity contribution is 0.206. The first-order chi connectivity index (χ1) is 15.9. The highest BCUT2D eigenvalue weighted by molar-refractivity contribution is 6.30. The Hall–Kier alpha value is -3.84. The minimum atomic E-state index is -0.425. The van der Waals surface area contributed by atoms with Crippen LogP contribution in [0.5, 0.6) is 5.75 Å². The van der Waals surface area contributed by atoms with E-state index in [1.54, 1.807) is 37.4 Å². The van der Waals surface area contributed by atoms with E-state index in [1.165, 1.54) is 29.2 Å². The summed E-state index contributed by atoms with van der Waals surface area (Å²) in [6.07, 6.45) is 0. The molecule has 4 aromatic rings. The van der Waals surface area contributed by atoms with Gasteiger partial charge in [-0.25, -0.2) is 9.18 Å². The number of carbonyl (C=O) groups excluding carboxylic acids is 1. The van der Waals surface area contributed by atoms with Crippen molar-refractivity contribution in [3.05, 3.63) is 105 Å². The predicted octanol–water partition coefficient (Wildman–Crippen LogP) is 5.56. The van der Waals surface area contributed by atoms with Crippen LogP contribution in [0.3, 0.4) is 0 Å². The van der Waals surface area contributed by atoms with Crippen LogP contribution in [0.2, 0.25) is 5.02 Å². The number of methoxy groups -OCH3 is 1. The smallest absolute Gasteiger partial charge is 0.322 e. The molecule has 0 aliphatic carbocycles. The SMILES string of the molecule is COc1ccc2cc(CN(Cc3ccc(Cl)cc3)C(=O)Nc3ccc(F)cc3)c(=O)[nH]c2c1. The molecule has 0 saturated carbocycles. The van der Waals surface area contributed by atoms with Gasteiger partial charge in [0.2, 0.25) is 0 Å². The van der Waals surface area contributed by atoms with Crippen molar-refractivity contribution in [2.45, 2.75) is 13.1 Å². The first kappa shape index (κ1) is 22.4. The Bertz CT molecular complexity index is 1340. The number of hydrogen-bond donors (Lipinski definition) is 2. The van der Waals surface area contributed by atoms with Crippen molar-refractivity contribution in [1.29, 1.82) is 0 Å². The van der Waals surface area contributed by atoms with E-state index in [-0.39, 0.29) is 18.6 Å². The monoisotopic (exact) mass is 465 g/mol. The number of halogens is 2. The molecule has 0 aliphatic heterocycles. The van der Waals surface area contributed by atoms with E-state index in [4.69, 9.17) is 16.3 Å². The maximum Gasteiger partial charge on any atom is 0.322 e. The van der Waals surface area contributed by atoms with Crippen molar-refractivity contribution in [1.82, 2.24) is 9.88 Å². The number of anilines is 1. The first-order valence-corrected chi connectivity index (χ1v) is 10.5. The number of nitrogens with zero attached hydrogens (tertiary/aromatic N) is 1. The number of aromatic nitrogens is 1. The summed E-state index contributed by atoms with van der Waals surface area (Å²) in [5, 5.41) is 4.16. The van der Waals surface area contributed by atoms with E-state index < -0.39 is 11.8 Å². The molecule has 0 aliphatic rings. The molecule has 0 fully saturated rings. The van der Waals surface area contributed by atoms with Gasteiger partial charge in [-0.3, -0.25) is 4.79 Å². The van der Waals surface area contributed by atoms with Gasteiger partial charge in [-0.15, -0.1) is 0 Å². The molecule has 4 rings (SSSR count). The Labute approximate surface area is 194 Å². The van der Waals surface area contributed by atoms with Gasteiger partial charge in [-0.05, 0) is 65.5 Å². The van der Waals surface area contributed by atoms with Gasteiger partial charge in [0.1, 0.15) is 11.6 Å². The van der Waals surface area contributed by atoms with E-state index in [0.717, 1.165) is 10.9 Å². The summed E-state index contributed by atoms with van der Waals surface area (Å²) in [7, 11) is 1.56. The zero-order valence-electron chi connectivity index (χ0n) is 17.8. The summed E-state index contributed by atoms with van der Waals surface area (Å²) in [5.74, 6) is 0.235. The minimum Gasteiger partial charge on any atom is -0.497 e. The molecule has 0 spiro atoms. The number of carbonyl (C=O) groups is 1. The van der Waals surface area contributed by atoms with E-state index in [1.807, 2.05) is 18.2 Å². The fraction of sp³-hybridized carbons (Fsp3) is 0.120. The largest absolute Gasteiger partial charge is 0.497 e. The van der Waals surface area contributed by atoms with E-state index in [0.29, 0.717) is 27.5 Å². The standard InChI is InChI=1S/C25H21ClFN3O3/c1-33-22-11-4-17-12-18(24(31)29-23(17)13-22)15-30(14-16-2-5-19(26)6-3-16)25(32)28-21-9-7-20(27)8-10-21/h2-13H,14-15H2,1H3,(H,28,32)(H,29,31). The van der Waals surface area contributed by atoms with E-state index >= 15 is 0 Å². The molecule has 168 valence electrons. The Kier molecular flexibility index (Phi) is 6.60. The van der Waals surface area contributed by atoms with Crippen LogP contribution in [0, 0.1) is 5.82 Å². The van der Waals surface area contributed by atoms with Crippen molar-refractivity contribution in [3.63, 3.8) is 0 Å². The molecule has 33 heavy (non-hydrogen) atoms. The number of hydrogen-bond acceptors (Lipinski definition) is 3. The van der Waals surface area contributed by atoms with Crippen LogP contribution >= 0.6 is 11.6 Å². The summed E-state index contributed by atoms with van der Waals surface area (Å²) in [4.78, 5) is 30.2. The summed E-state index contributed by atoms with van der Waals surface area (Å²) in [6.45, 7) is 0.303. The molecule has 1 heterocycles. The number of fused-ring (bicyclic) bond motifs is 1. The normalized spacial score (nSPS) is 10.8. The highest BCUT2D eigenvalue weighted by Gasteiger charge is 2.17. The number of amides is 2. The zero-order chi connectivity index (χ0) is 23.4. The van der Waals surface area contributed by atoms with Crippen molar-refractivity contribution in [2.75, 3.05) is 12.4 Å². The second-order valence-corrected chi connectivity index (χ2v) is 7.93. The fourth-order valence-corrected chi connectivity index (χ4v) is 3.55. The van der Waals surface area contributed by atoms with Crippen LogP contribution in [0.4, 0.5) is 14.9 Å².